The van der Waals surface area contributed by atoms with Crippen molar-refractivity contribution < 1.29 is 4.79 Å². The minimum absolute atomic E-state index is 0.184. The summed E-state index contributed by atoms with van der Waals surface area (Å²) in [6.45, 7) is 0.656. The standard InChI is InChI=1S/C18H19BrN2O/c19-17-11-5-4-10-16(17)12-14-21-18(22)20-13-6-9-15-7-2-1-3-8-15/h1-5,7-8,10-12,14H,6,9,13H2,(H2,20,21,22)/b14-12+. The second-order valence-corrected chi connectivity index (χ2v) is 5.70. The summed E-state index contributed by atoms with van der Waals surface area (Å²) < 4.78 is 0.997. The van der Waals surface area contributed by atoms with E-state index in [1.807, 2.05) is 48.5 Å². The molecule has 114 valence electrons. The van der Waals surface area contributed by atoms with Crippen LogP contribution in [0.15, 0.2) is 65.3 Å². The lowest BCUT2D eigenvalue weighted by Gasteiger charge is -2.05. The summed E-state index contributed by atoms with van der Waals surface area (Å²) in [7, 11) is 0. The quantitative estimate of drug-likeness (QED) is 0.740. The number of nitrogens with one attached hydrogen (secondary N) is 2. The molecule has 0 saturated carbocycles. The van der Waals surface area contributed by atoms with Gasteiger partial charge in [-0.1, -0.05) is 64.5 Å². The molecule has 0 aliphatic heterocycles. The maximum absolute atomic E-state index is 11.6. The summed E-state index contributed by atoms with van der Waals surface area (Å²) in [6, 6.07) is 17.9. The molecule has 3 nitrogen and oxygen atoms in total. The average molecular weight is 359 g/mol. The maximum Gasteiger partial charge on any atom is 0.318 e. The minimum atomic E-state index is -0.184. The number of hydrogen-bond donors (Lipinski definition) is 2. The van der Waals surface area contributed by atoms with Gasteiger partial charge in [0, 0.05) is 17.2 Å². The number of carbonyl (C=O) groups excluding carboxylic acids is 1. The summed E-state index contributed by atoms with van der Waals surface area (Å²) in [5, 5.41) is 5.55. The highest BCUT2D eigenvalue weighted by Gasteiger charge is 1.97. The van der Waals surface area contributed by atoms with Crippen LogP contribution in [-0.2, 0) is 6.42 Å². The Morgan fingerprint density at radius 2 is 1.77 bits per heavy atom. The van der Waals surface area contributed by atoms with Gasteiger partial charge in [-0.3, -0.25) is 0 Å². The molecule has 0 atom stereocenters. The third-order valence-electron chi connectivity index (χ3n) is 3.15. The van der Waals surface area contributed by atoms with Crippen LogP contribution < -0.4 is 10.6 Å². The molecule has 0 radical (unpaired) electrons. The van der Waals surface area contributed by atoms with Gasteiger partial charge in [-0.05, 0) is 36.1 Å². The Morgan fingerprint density at radius 1 is 1.05 bits per heavy atom. The summed E-state index contributed by atoms with van der Waals surface area (Å²) in [4.78, 5) is 11.6. The van der Waals surface area contributed by atoms with Crippen LogP contribution in [0.5, 0.6) is 0 Å². The molecule has 0 saturated heterocycles. The molecule has 2 aromatic carbocycles. The topological polar surface area (TPSA) is 41.1 Å². The fourth-order valence-electron chi connectivity index (χ4n) is 2.01. The normalized spacial score (nSPS) is 10.6. The molecule has 0 aliphatic rings. The van der Waals surface area contributed by atoms with E-state index in [4.69, 9.17) is 0 Å². The van der Waals surface area contributed by atoms with Gasteiger partial charge in [0.1, 0.15) is 0 Å². The molecule has 2 amide bonds. The number of halogens is 1. The molecule has 0 unspecified atom stereocenters. The summed E-state index contributed by atoms with van der Waals surface area (Å²) in [6.07, 6.45) is 5.39. The zero-order valence-electron chi connectivity index (χ0n) is 12.3. The lowest BCUT2D eigenvalue weighted by atomic mass is 10.1. The van der Waals surface area contributed by atoms with Crippen LogP contribution in [0.3, 0.4) is 0 Å². The van der Waals surface area contributed by atoms with Crippen LogP contribution in [0.1, 0.15) is 17.5 Å². The van der Waals surface area contributed by atoms with Gasteiger partial charge in [-0.25, -0.2) is 4.79 Å². The third-order valence-corrected chi connectivity index (χ3v) is 3.88. The van der Waals surface area contributed by atoms with Gasteiger partial charge < -0.3 is 10.6 Å². The molecule has 0 aromatic heterocycles. The Morgan fingerprint density at radius 3 is 2.55 bits per heavy atom. The number of benzene rings is 2. The van der Waals surface area contributed by atoms with Crippen molar-refractivity contribution >= 4 is 28.0 Å². The molecule has 22 heavy (non-hydrogen) atoms. The predicted molar refractivity (Wildman–Crippen MR) is 94.5 cm³/mol. The highest BCUT2D eigenvalue weighted by Crippen LogP contribution is 2.16. The first-order chi connectivity index (χ1) is 10.8. The second-order valence-electron chi connectivity index (χ2n) is 4.84. The fourth-order valence-corrected chi connectivity index (χ4v) is 2.42. The van der Waals surface area contributed by atoms with Gasteiger partial charge in [0.05, 0.1) is 0 Å². The van der Waals surface area contributed by atoms with Gasteiger partial charge >= 0.3 is 6.03 Å². The van der Waals surface area contributed by atoms with Crippen LogP contribution in [0.2, 0.25) is 0 Å². The smallest absolute Gasteiger partial charge is 0.318 e. The first kappa shape index (κ1) is 16.3. The molecule has 0 aliphatic carbocycles. The van der Waals surface area contributed by atoms with Crippen LogP contribution in [0.4, 0.5) is 4.79 Å². The Labute approximate surface area is 139 Å². The summed E-state index contributed by atoms with van der Waals surface area (Å²) >= 11 is 3.46. The van der Waals surface area contributed by atoms with E-state index >= 15 is 0 Å². The third kappa shape index (κ3) is 5.74. The first-order valence-corrected chi connectivity index (χ1v) is 8.04. The van der Waals surface area contributed by atoms with Gasteiger partial charge in [0.25, 0.3) is 0 Å². The van der Waals surface area contributed by atoms with Crippen LogP contribution in [0.25, 0.3) is 6.08 Å². The maximum atomic E-state index is 11.6. The molecule has 4 heteroatoms. The van der Waals surface area contributed by atoms with E-state index in [0.717, 1.165) is 22.9 Å². The van der Waals surface area contributed by atoms with Crippen molar-refractivity contribution in [2.24, 2.45) is 0 Å². The van der Waals surface area contributed by atoms with Gasteiger partial charge in [-0.15, -0.1) is 0 Å². The van der Waals surface area contributed by atoms with Gasteiger partial charge in [0.15, 0.2) is 0 Å². The minimum Gasteiger partial charge on any atom is -0.338 e. The number of amides is 2. The molecule has 0 fully saturated rings. The Balaban J connectivity index is 1.65. The van der Waals surface area contributed by atoms with E-state index < -0.39 is 0 Å². The molecule has 0 heterocycles. The van der Waals surface area contributed by atoms with E-state index in [1.54, 1.807) is 6.20 Å². The largest absolute Gasteiger partial charge is 0.338 e. The average Bonchev–Trinajstić information content (AvgIpc) is 2.54. The fraction of sp³-hybridized carbons (Fsp3) is 0.167. The molecule has 0 spiro atoms. The van der Waals surface area contributed by atoms with Crippen LogP contribution in [0, 0.1) is 0 Å². The Hall–Kier alpha value is -2.07. The highest BCUT2D eigenvalue weighted by atomic mass is 79.9. The number of aryl methyl sites for hydroxylation is 1. The monoisotopic (exact) mass is 358 g/mol. The van der Waals surface area contributed by atoms with E-state index in [-0.39, 0.29) is 6.03 Å². The summed E-state index contributed by atoms with van der Waals surface area (Å²) in [5.74, 6) is 0. The number of hydrogen-bond acceptors (Lipinski definition) is 1. The Bertz CT molecular complexity index is 626. The highest BCUT2D eigenvalue weighted by molar-refractivity contribution is 9.10. The van der Waals surface area contributed by atoms with E-state index in [1.165, 1.54) is 5.56 Å². The van der Waals surface area contributed by atoms with Crippen molar-refractivity contribution in [3.05, 3.63) is 76.4 Å². The predicted octanol–water partition coefficient (Wildman–Crippen LogP) is 4.35. The molecular formula is C18H19BrN2O. The second kappa shape index (κ2) is 9.05. The lowest BCUT2D eigenvalue weighted by molar-refractivity contribution is 0.244. The molecule has 2 aromatic rings. The van der Waals surface area contributed by atoms with Crippen molar-refractivity contribution in [2.45, 2.75) is 12.8 Å². The number of urea groups is 1. The van der Waals surface area contributed by atoms with Crippen molar-refractivity contribution in [1.82, 2.24) is 10.6 Å². The van der Waals surface area contributed by atoms with Crippen molar-refractivity contribution in [3.63, 3.8) is 0 Å². The number of rotatable bonds is 6. The van der Waals surface area contributed by atoms with Crippen LogP contribution >= 0.6 is 15.9 Å². The molecular weight excluding hydrogens is 340 g/mol. The lowest BCUT2D eigenvalue weighted by Crippen LogP contribution is -2.32. The zero-order chi connectivity index (χ0) is 15.6. The van der Waals surface area contributed by atoms with E-state index in [2.05, 4.69) is 38.7 Å². The molecule has 2 rings (SSSR count). The Kier molecular flexibility index (Phi) is 6.71. The molecule has 2 N–H and O–H groups in total. The molecule has 0 bridgehead atoms. The van der Waals surface area contributed by atoms with E-state index in [0.29, 0.717) is 6.54 Å². The van der Waals surface area contributed by atoms with Crippen molar-refractivity contribution in [1.29, 1.82) is 0 Å². The van der Waals surface area contributed by atoms with Crippen molar-refractivity contribution in [2.75, 3.05) is 6.54 Å². The SMILES string of the molecule is O=C(N/C=C/c1ccccc1Br)NCCCc1ccccc1. The first-order valence-electron chi connectivity index (χ1n) is 7.25. The summed E-state index contributed by atoms with van der Waals surface area (Å²) in [5.41, 5.74) is 2.31. The van der Waals surface area contributed by atoms with E-state index in [9.17, 15) is 4.79 Å². The van der Waals surface area contributed by atoms with Crippen LogP contribution in [-0.4, -0.2) is 12.6 Å². The van der Waals surface area contributed by atoms with Crippen molar-refractivity contribution in [3.8, 4) is 0 Å². The van der Waals surface area contributed by atoms with Gasteiger partial charge in [-0.2, -0.15) is 0 Å². The number of carbonyl (C=O) groups is 1. The zero-order valence-corrected chi connectivity index (χ0v) is 13.8. The van der Waals surface area contributed by atoms with Gasteiger partial charge in [0.2, 0.25) is 0 Å².